The van der Waals surface area contributed by atoms with E-state index in [-0.39, 0.29) is 45.8 Å². The number of benzene rings is 2. The van der Waals surface area contributed by atoms with Crippen LogP contribution in [0.4, 0.5) is 11.4 Å². The molecule has 0 aliphatic heterocycles. The third kappa shape index (κ3) is 7.51. The summed E-state index contributed by atoms with van der Waals surface area (Å²) >= 11 is 7.77. The van der Waals surface area contributed by atoms with Crippen molar-refractivity contribution < 1.29 is 27.6 Å². The van der Waals surface area contributed by atoms with Crippen molar-refractivity contribution in [2.24, 2.45) is 0 Å². The summed E-state index contributed by atoms with van der Waals surface area (Å²) in [6.45, 7) is 3.58. The molecule has 0 saturated carbocycles. The van der Waals surface area contributed by atoms with Crippen LogP contribution in [0.1, 0.15) is 20.3 Å². The van der Waals surface area contributed by atoms with Gasteiger partial charge in [-0.2, -0.15) is 11.8 Å². The van der Waals surface area contributed by atoms with Crippen molar-refractivity contribution in [3.05, 3.63) is 51.5 Å². The van der Waals surface area contributed by atoms with E-state index in [1.807, 2.05) is 6.26 Å². The van der Waals surface area contributed by atoms with Gasteiger partial charge in [0.1, 0.15) is 23.8 Å². The SMILES string of the molecule is CSCCOC(=O)CCNc1cc(Oc2ccc(S(=O)(=O)C(C)C)cc2Cl)ccc1[N+](=O)[O-]. The largest absolute Gasteiger partial charge is 0.465 e. The number of carbonyl (C=O) groups is 1. The lowest BCUT2D eigenvalue weighted by Gasteiger charge is -2.13. The Balaban J connectivity index is 2.15. The van der Waals surface area contributed by atoms with Gasteiger partial charge in [-0.05, 0) is 44.4 Å². The van der Waals surface area contributed by atoms with Crippen LogP contribution in [0.3, 0.4) is 0 Å². The van der Waals surface area contributed by atoms with E-state index in [1.165, 1.54) is 36.4 Å². The van der Waals surface area contributed by atoms with E-state index in [9.17, 15) is 23.3 Å². The van der Waals surface area contributed by atoms with Crippen LogP contribution in [0.5, 0.6) is 11.5 Å². The van der Waals surface area contributed by atoms with Crippen LogP contribution in [-0.2, 0) is 19.4 Å². The summed E-state index contributed by atoms with van der Waals surface area (Å²) in [5, 5.41) is 13.7. The van der Waals surface area contributed by atoms with Crippen LogP contribution in [0.15, 0.2) is 41.3 Å². The molecule has 0 aromatic heterocycles. The number of carbonyl (C=O) groups excluding carboxylic acids is 1. The molecular formula is C21H25ClN2O7S2. The topological polar surface area (TPSA) is 125 Å². The van der Waals surface area contributed by atoms with Crippen LogP contribution < -0.4 is 10.1 Å². The first-order chi connectivity index (χ1) is 15.6. The predicted octanol–water partition coefficient (Wildman–Crippen LogP) is 4.93. The molecule has 1 N–H and O–H groups in total. The van der Waals surface area contributed by atoms with E-state index >= 15 is 0 Å². The highest BCUT2D eigenvalue weighted by Crippen LogP contribution is 2.35. The summed E-state index contributed by atoms with van der Waals surface area (Å²) in [7, 11) is -3.50. The average molecular weight is 517 g/mol. The van der Waals surface area contributed by atoms with E-state index in [1.54, 1.807) is 25.6 Å². The maximum Gasteiger partial charge on any atom is 0.307 e. The van der Waals surface area contributed by atoms with Gasteiger partial charge in [-0.3, -0.25) is 14.9 Å². The van der Waals surface area contributed by atoms with Crippen molar-refractivity contribution in [3.8, 4) is 11.5 Å². The van der Waals surface area contributed by atoms with Crippen LogP contribution in [0.25, 0.3) is 0 Å². The molecule has 0 spiro atoms. The second kappa shape index (κ2) is 12.1. The lowest BCUT2D eigenvalue weighted by Crippen LogP contribution is -2.14. The van der Waals surface area contributed by atoms with Crippen LogP contribution in [0.2, 0.25) is 5.02 Å². The molecule has 0 saturated heterocycles. The van der Waals surface area contributed by atoms with E-state index in [2.05, 4.69) is 5.32 Å². The number of esters is 1. The summed E-state index contributed by atoms with van der Waals surface area (Å²) < 4.78 is 35.4. The van der Waals surface area contributed by atoms with Crippen molar-refractivity contribution in [1.82, 2.24) is 0 Å². The number of hydrogen-bond donors (Lipinski definition) is 1. The van der Waals surface area contributed by atoms with Crippen molar-refractivity contribution in [3.63, 3.8) is 0 Å². The predicted molar refractivity (Wildman–Crippen MR) is 129 cm³/mol. The molecule has 0 bridgehead atoms. The van der Waals surface area contributed by atoms with Crippen LogP contribution in [-0.4, -0.2) is 49.7 Å². The minimum absolute atomic E-state index is 0.0359. The maximum absolute atomic E-state index is 12.3. The van der Waals surface area contributed by atoms with Gasteiger partial charge in [0.05, 0.1) is 26.5 Å². The van der Waals surface area contributed by atoms with Crippen LogP contribution in [0, 0.1) is 10.1 Å². The molecule has 0 amide bonds. The number of anilines is 1. The van der Waals surface area contributed by atoms with Crippen molar-refractivity contribution in [2.45, 2.75) is 30.4 Å². The standard InChI is InChI=1S/C21H25ClN2O7S2/c1-14(2)33(28,29)16-5-7-20(17(22)13-16)31-15-4-6-19(24(26)27)18(12-15)23-9-8-21(25)30-10-11-32-3/h4-7,12-14,23H,8-11H2,1-3H3. The summed E-state index contributed by atoms with van der Waals surface area (Å²) in [6.07, 6.45) is 1.94. The molecule has 0 heterocycles. The fraction of sp³-hybridized carbons (Fsp3) is 0.381. The highest BCUT2D eigenvalue weighted by Gasteiger charge is 2.21. The number of rotatable bonds is 12. The Morgan fingerprint density at radius 1 is 1.24 bits per heavy atom. The maximum atomic E-state index is 12.3. The molecule has 9 nitrogen and oxygen atoms in total. The normalized spacial score (nSPS) is 11.3. The molecule has 0 fully saturated rings. The number of thioether (sulfide) groups is 1. The number of sulfone groups is 1. The van der Waals surface area contributed by atoms with Crippen molar-refractivity contribution in [1.29, 1.82) is 0 Å². The number of nitro groups is 1. The molecule has 2 aromatic carbocycles. The second-order valence-corrected chi connectivity index (χ2v) is 11.0. The fourth-order valence-corrected chi connectivity index (χ4v) is 4.25. The zero-order chi connectivity index (χ0) is 24.6. The number of ether oxygens (including phenoxy) is 2. The number of halogens is 1. The first kappa shape index (κ1) is 26.7. The monoisotopic (exact) mass is 516 g/mol. The number of hydrogen-bond acceptors (Lipinski definition) is 9. The lowest BCUT2D eigenvalue weighted by molar-refractivity contribution is -0.384. The van der Waals surface area contributed by atoms with Gasteiger partial charge >= 0.3 is 5.97 Å². The highest BCUT2D eigenvalue weighted by atomic mass is 35.5. The Bertz CT molecular complexity index is 1110. The molecule has 0 atom stereocenters. The first-order valence-corrected chi connectivity index (χ1v) is 13.3. The van der Waals surface area contributed by atoms with E-state index in [4.69, 9.17) is 21.1 Å². The molecule has 33 heavy (non-hydrogen) atoms. The Morgan fingerprint density at radius 3 is 2.58 bits per heavy atom. The molecule has 2 rings (SSSR count). The number of nitrogens with zero attached hydrogens (tertiary/aromatic N) is 1. The number of nitro benzene ring substituents is 1. The van der Waals surface area contributed by atoms with Gasteiger partial charge in [0.2, 0.25) is 0 Å². The Hall–Kier alpha value is -2.50. The molecule has 0 radical (unpaired) electrons. The quantitative estimate of drug-likeness (QED) is 0.181. The minimum Gasteiger partial charge on any atom is -0.465 e. The highest BCUT2D eigenvalue weighted by molar-refractivity contribution is 7.98. The fourth-order valence-electron chi connectivity index (χ4n) is 2.63. The molecule has 0 aliphatic rings. The zero-order valence-corrected chi connectivity index (χ0v) is 20.8. The van der Waals surface area contributed by atoms with Gasteiger partial charge in [-0.15, -0.1) is 0 Å². The van der Waals surface area contributed by atoms with Gasteiger partial charge in [0.15, 0.2) is 9.84 Å². The van der Waals surface area contributed by atoms with Gasteiger partial charge in [0, 0.05) is 24.4 Å². The van der Waals surface area contributed by atoms with E-state index < -0.39 is 26.0 Å². The molecule has 180 valence electrons. The second-order valence-electron chi connectivity index (χ2n) is 7.11. The van der Waals surface area contributed by atoms with Gasteiger partial charge in [-0.25, -0.2) is 8.42 Å². The summed E-state index contributed by atoms with van der Waals surface area (Å²) in [5.41, 5.74) is -0.0351. The molecule has 12 heteroatoms. The van der Waals surface area contributed by atoms with Crippen molar-refractivity contribution in [2.75, 3.05) is 30.5 Å². The van der Waals surface area contributed by atoms with E-state index in [0.717, 1.165) is 0 Å². The van der Waals surface area contributed by atoms with E-state index in [0.29, 0.717) is 12.4 Å². The van der Waals surface area contributed by atoms with Crippen molar-refractivity contribution >= 4 is 50.5 Å². The summed E-state index contributed by atoms with van der Waals surface area (Å²) in [6, 6.07) is 8.20. The Labute approximate surface area is 201 Å². The molecule has 0 aliphatic carbocycles. The van der Waals surface area contributed by atoms with Gasteiger partial charge < -0.3 is 14.8 Å². The summed E-state index contributed by atoms with van der Waals surface area (Å²) in [4.78, 5) is 22.6. The minimum atomic E-state index is -3.50. The number of nitrogens with one attached hydrogen (secondary N) is 1. The molecule has 0 unspecified atom stereocenters. The Kier molecular flexibility index (Phi) is 9.81. The average Bonchev–Trinajstić information content (AvgIpc) is 2.75. The van der Waals surface area contributed by atoms with Crippen LogP contribution >= 0.6 is 23.4 Å². The smallest absolute Gasteiger partial charge is 0.307 e. The molecular weight excluding hydrogens is 492 g/mol. The van der Waals surface area contributed by atoms with Gasteiger partial charge in [0.25, 0.3) is 5.69 Å². The third-order valence-electron chi connectivity index (χ3n) is 4.44. The third-order valence-corrected chi connectivity index (χ3v) is 7.46. The Morgan fingerprint density at radius 2 is 1.97 bits per heavy atom. The van der Waals surface area contributed by atoms with Gasteiger partial charge in [-0.1, -0.05) is 11.6 Å². The molecule has 2 aromatic rings. The zero-order valence-electron chi connectivity index (χ0n) is 18.4. The summed E-state index contributed by atoms with van der Waals surface area (Å²) in [5.74, 6) is 0.718. The first-order valence-electron chi connectivity index (χ1n) is 9.94. The lowest BCUT2D eigenvalue weighted by atomic mass is 10.2.